The van der Waals surface area contributed by atoms with Crippen LogP contribution in [0.2, 0.25) is 5.02 Å². The molecule has 0 aliphatic carbocycles. The average molecular weight is 436 g/mol. The minimum absolute atomic E-state index is 0.144. The molecule has 0 spiro atoms. The summed E-state index contributed by atoms with van der Waals surface area (Å²) in [6.45, 7) is 6.73. The summed E-state index contributed by atoms with van der Waals surface area (Å²) in [5.74, 6) is -0.0362. The van der Waals surface area contributed by atoms with Crippen LogP contribution in [0.5, 0.6) is 0 Å². The van der Waals surface area contributed by atoms with E-state index in [4.69, 9.17) is 11.6 Å². The quantitative estimate of drug-likeness (QED) is 0.755. The summed E-state index contributed by atoms with van der Waals surface area (Å²) in [6.07, 6.45) is 0. The Bertz CT molecular complexity index is 969. The lowest BCUT2D eigenvalue weighted by Gasteiger charge is -2.33. The van der Waals surface area contributed by atoms with Gasteiger partial charge in [-0.05, 0) is 49.2 Å². The molecule has 2 aromatic carbocycles. The van der Waals surface area contributed by atoms with Crippen LogP contribution in [0, 0.1) is 6.92 Å². The van der Waals surface area contributed by atoms with Gasteiger partial charge < -0.3 is 5.32 Å². The summed E-state index contributed by atoms with van der Waals surface area (Å²) in [7, 11) is -3.11. The molecule has 1 aliphatic heterocycles. The van der Waals surface area contributed by atoms with Gasteiger partial charge in [0, 0.05) is 49.0 Å². The van der Waals surface area contributed by atoms with Crippen LogP contribution in [0.25, 0.3) is 0 Å². The van der Waals surface area contributed by atoms with E-state index in [2.05, 4.69) is 10.2 Å². The van der Waals surface area contributed by atoms with Crippen LogP contribution in [-0.2, 0) is 16.6 Å². The van der Waals surface area contributed by atoms with Gasteiger partial charge in [-0.15, -0.1) is 0 Å². The Morgan fingerprint density at radius 2 is 1.72 bits per heavy atom. The number of nitrogens with one attached hydrogen (secondary N) is 1. The van der Waals surface area contributed by atoms with Crippen LogP contribution in [0.15, 0.2) is 42.5 Å². The Balaban J connectivity index is 1.57. The zero-order valence-electron chi connectivity index (χ0n) is 16.7. The van der Waals surface area contributed by atoms with E-state index in [0.717, 1.165) is 17.7 Å². The molecule has 2 aromatic rings. The maximum Gasteiger partial charge on any atom is 0.255 e. The van der Waals surface area contributed by atoms with E-state index in [9.17, 15) is 13.2 Å². The summed E-state index contributed by atoms with van der Waals surface area (Å²) in [6, 6.07) is 12.9. The van der Waals surface area contributed by atoms with E-state index in [0.29, 0.717) is 42.5 Å². The van der Waals surface area contributed by atoms with Gasteiger partial charge in [-0.3, -0.25) is 9.69 Å². The number of sulfonamides is 1. The predicted octanol–water partition coefficient (Wildman–Crippen LogP) is 3.37. The highest BCUT2D eigenvalue weighted by atomic mass is 35.5. The lowest BCUT2D eigenvalue weighted by molar-refractivity contribution is 0.102. The van der Waals surface area contributed by atoms with Crippen LogP contribution in [0.4, 0.5) is 5.69 Å². The SMILES string of the molecule is CCS(=O)(=O)N1CCN(Cc2ccc(C(=O)Nc3cccc(Cl)c3C)cc2)CC1. The minimum atomic E-state index is -3.11. The fourth-order valence-corrected chi connectivity index (χ4v) is 4.56. The summed E-state index contributed by atoms with van der Waals surface area (Å²) < 4.78 is 25.5. The van der Waals surface area contributed by atoms with Crippen LogP contribution >= 0.6 is 11.6 Å². The first-order valence-corrected chi connectivity index (χ1v) is 11.6. The van der Waals surface area contributed by atoms with Crippen LogP contribution < -0.4 is 5.32 Å². The predicted molar refractivity (Wildman–Crippen MR) is 117 cm³/mol. The molecular weight excluding hydrogens is 410 g/mol. The monoisotopic (exact) mass is 435 g/mol. The number of benzene rings is 2. The highest BCUT2D eigenvalue weighted by molar-refractivity contribution is 7.89. The largest absolute Gasteiger partial charge is 0.322 e. The fourth-order valence-electron chi connectivity index (χ4n) is 3.31. The summed E-state index contributed by atoms with van der Waals surface area (Å²) in [5, 5.41) is 3.51. The number of anilines is 1. The number of amides is 1. The molecule has 1 aliphatic rings. The highest BCUT2D eigenvalue weighted by Gasteiger charge is 2.25. The molecule has 0 saturated carbocycles. The van der Waals surface area contributed by atoms with E-state index in [1.807, 2.05) is 37.3 Å². The van der Waals surface area contributed by atoms with Crippen LogP contribution in [0.1, 0.15) is 28.4 Å². The van der Waals surface area contributed by atoms with Crippen molar-refractivity contribution in [3.63, 3.8) is 0 Å². The Labute approximate surface area is 177 Å². The molecule has 3 rings (SSSR count). The first-order valence-electron chi connectivity index (χ1n) is 9.65. The first kappa shape index (κ1) is 21.8. The minimum Gasteiger partial charge on any atom is -0.322 e. The van der Waals surface area contributed by atoms with E-state index in [1.165, 1.54) is 0 Å². The zero-order chi connectivity index (χ0) is 21.0. The van der Waals surface area contributed by atoms with E-state index in [1.54, 1.807) is 23.4 Å². The zero-order valence-corrected chi connectivity index (χ0v) is 18.3. The molecule has 0 radical (unpaired) electrons. The van der Waals surface area contributed by atoms with E-state index in [-0.39, 0.29) is 11.7 Å². The number of hydrogen-bond donors (Lipinski definition) is 1. The Kier molecular flexibility index (Phi) is 6.95. The van der Waals surface area contributed by atoms with Crippen LogP contribution in [0.3, 0.4) is 0 Å². The highest BCUT2D eigenvalue weighted by Crippen LogP contribution is 2.23. The molecule has 1 fully saturated rings. The van der Waals surface area contributed by atoms with Crippen molar-refractivity contribution < 1.29 is 13.2 Å². The number of halogens is 1. The molecule has 0 aromatic heterocycles. The molecule has 8 heteroatoms. The number of rotatable bonds is 6. The molecule has 0 unspecified atom stereocenters. The van der Waals surface area contributed by atoms with Gasteiger partial charge in [0.05, 0.1) is 5.75 Å². The number of carbonyl (C=O) groups is 1. The maximum atomic E-state index is 12.5. The molecule has 156 valence electrons. The van der Waals surface area contributed by atoms with Crippen LogP contribution in [-0.4, -0.2) is 55.5 Å². The third-order valence-corrected chi connectivity index (χ3v) is 7.52. The summed E-state index contributed by atoms with van der Waals surface area (Å²) >= 11 is 6.11. The molecule has 1 saturated heterocycles. The molecule has 29 heavy (non-hydrogen) atoms. The third kappa shape index (κ3) is 5.36. The van der Waals surface area contributed by atoms with E-state index >= 15 is 0 Å². The van der Waals surface area contributed by atoms with Crippen molar-refractivity contribution in [3.05, 3.63) is 64.2 Å². The molecule has 1 heterocycles. The Hall–Kier alpha value is -1.93. The van der Waals surface area contributed by atoms with Gasteiger partial charge in [-0.1, -0.05) is 29.8 Å². The first-order chi connectivity index (χ1) is 13.8. The van der Waals surface area contributed by atoms with Crippen molar-refractivity contribution in [2.24, 2.45) is 0 Å². The van der Waals surface area contributed by atoms with Gasteiger partial charge in [0.15, 0.2) is 0 Å². The fraction of sp³-hybridized carbons (Fsp3) is 0.381. The molecule has 1 N–H and O–H groups in total. The second kappa shape index (κ2) is 9.26. The number of nitrogens with zero attached hydrogens (tertiary/aromatic N) is 2. The van der Waals surface area contributed by atoms with Crippen molar-refractivity contribution in [2.75, 3.05) is 37.2 Å². The third-order valence-electron chi connectivity index (χ3n) is 5.23. The maximum absolute atomic E-state index is 12.5. The van der Waals surface area contributed by atoms with Gasteiger partial charge in [0.25, 0.3) is 5.91 Å². The topological polar surface area (TPSA) is 69.7 Å². The van der Waals surface area contributed by atoms with Crippen molar-refractivity contribution >= 4 is 33.2 Å². The molecule has 6 nitrogen and oxygen atoms in total. The Morgan fingerprint density at radius 1 is 1.07 bits per heavy atom. The lowest BCUT2D eigenvalue weighted by Crippen LogP contribution is -2.48. The number of hydrogen-bond acceptors (Lipinski definition) is 4. The second-order valence-electron chi connectivity index (χ2n) is 7.14. The normalized spacial score (nSPS) is 16.0. The molecule has 0 bridgehead atoms. The second-order valence-corrected chi connectivity index (χ2v) is 9.80. The van der Waals surface area contributed by atoms with Gasteiger partial charge >= 0.3 is 0 Å². The van der Waals surface area contributed by atoms with Crippen molar-refractivity contribution in [1.29, 1.82) is 0 Å². The molecule has 1 amide bonds. The van der Waals surface area contributed by atoms with Gasteiger partial charge in [0.1, 0.15) is 0 Å². The smallest absolute Gasteiger partial charge is 0.255 e. The van der Waals surface area contributed by atoms with Crippen molar-refractivity contribution in [2.45, 2.75) is 20.4 Å². The van der Waals surface area contributed by atoms with Crippen molar-refractivity contribution in [3.8, 4) is 0 Å². The number of carbonyl (C=O) groups excluding carboxylic acids is 1. The standard InChI is InChI=1S/C21H26ClN3O3S/c1-3-29(27,28)25-13-11-24(12-14-25)15-17-7-9-18(10-8-17)21(26)23-20-6-4-5-19(22)16(20)2/h4-10H,3,11-15H2,1-2H3,(H,23,26). The Morgan fingerprint density at radius 3 is 2.34 bits per heavy atom. The summed E-state index contributed by atoms with van der Waals surface area (Å²) in [4.78, 5) is 14.7. The molecular formula is C21H26ClN3O3S. The lowest BCUT2D eigenvalue weighted by atomic mass is 10.1. The number of piperazine rings is 1. The average Bonchev–Trinajstić information content (AvgIpc) is 2.72. The van der Waals surface area contributed by atoms with E-state index < -0.39 is 10.0 Å². The summed E-state index contributed by atoms with van der Waals surface area (Å²) in [5.41, 5.74) is 3.20. The molecule has 0 atom stereocenters. The van der Waals surface area contributed by atoms with Gasteiger partial charge in [-0.25, -0.2) is 8.42 Å². The van der Waals surface area contributed by atoms with Gasteiger partial charge in [0.2, 0.25) is 10.0 Å². The van der Waals surface area contributed by atoms with Gasteiger partial charge in [-0.2, -0.15) is 4.31 Å². The van der Waals surface area contributed by atoms with Crippen molar-refractivity contribution in [1.82, 2.24) is 9.21 Å².